The van der Waals surface area contributed by atoms with Gasteiger partial charge in [-0.15, -0.1) is 0 Å². The van der Waals surface area contributed by atoms with Crippen LogP contribution in [0.4, 0.5) is 0 Å². The fourth-order valence-electron chi connectivity index (χ4n) is 4.03. The molecule has 4 rings (SSSR count). The molecule has 1 saturated heterocycles. The van der Waals surface area contributed by atoms with E-state index in [1.807, 2.05) is 48.9 Å². The minimum absolute atomic E-state index is 0.0224. The zero-order valence-electron chi connectivity index (χ0n) is 17.8. The lowest BCUT2D eigenvalue weighted by Crippen LogP contribution is -2.49. The van der Waals surface area contributed by atoms with Crippen molar-refractivity contribution >= 4 is 5.91 Å². The summed E-state index contributed by atoms with van der Waals surface area (Å²) in [5.74, 6) is 1.26. The van der Waals surface area contributed by atoms with Crippen LogP contribution in [0.1, 0.15) is 54.5 Å². The Morgan fingerprint density at radius 2 is 2.03 bits per heavy atom. The van der Waals surface area contributed by atoms with Gasteiger partial charge in [-0.05, 0) is 32.4 Å². The Bertz CT molecular complexity index is 1010. The summed E-state index contributed by atoms with van der Waals surface area (Å²) in [5, 5.41) is 11.8. The van der Waals surface area contributed by atoms with Gasteiger partial charge in [-0.25, -0.2) is 4.68 Å². The summed E-state index contributed by atoms with van der Waals surface area (Å²) in [6.07, 6.45) is 2.93. The van der Waals surface area contributed by atoms with Crippen LogP contribution in [0.2, 0.25) is 0 Å². The molecule has 1 unspecified atom stereocenters. The number of carbonyl (C=O) groups is 1. The van der Waals surface area contributed by atoms with Gasteiger partial charge < -0.3 is 9.84 Å². The van der Waals surface area contributed by atoms with Crippen LogP contribution < -0.4 is 5.32 Å². The molecule has 1 aromatic carbocycles. The molecule has 1 aliphatic heterocycles. The first-order valence-electron chi connectivity index (χ1n) is 10.5. The van der Waals surface area contributed by atoms with Crippen LogP contribution in [-0.4, -0.2) is 43.8 Å². The van der Waals surface area contributed by atoms with Gasteiger partial charge in [0.1, 0.15) is 6.04 Å². The van der Waals surface area contributed by atoms with Crippen LogP contribution in [0.5, 0.6) is 0 Å². The molecule has 1 N–H and O–H groups in total. The second-order valence-corrected chi connectivity index (χ2v) is 7.70. The number of carbonyl (C=O) groups excluding carboxylic acids is 1. The molecule has 0 saturated carbocycles. The van der Waals surface area contributed by atoms with Crippen LogP contribution >= 0.6 is 0 Å². The van der Waals surface area contributed by atoms with E-state index in [1.54, 1.807) is 0 Å². The van der Waals surface area contributed by atoms with E-state index in [4.69, 9.17) is 9.62 Å². The number of hydrogen-bond acceptors (Lipinski definition) is 6. The maximum atomic E-state index is 12.9. The molecule has 3 heterocycles. The summed E-state index contributed by atoms with van der Waals surface area (Å²) >= 11 is 0. The van der Waals surface area contributed by atoms with Gasteiger partial charge in [-0.2, -0.15) is 10.1 Å². The zero-order chi connectivity index (χ0) is 21.1. The van der Waals surface area contributed by atoms with Gasteiger partial charge in [-0.3, -0.25) is 9.69 Å². The molecule has 30 heavy (non-hydrogen) atoms. The molecule has 2 aromatic heterocycles. The number of benzene rings is 1. The molecule has 8 heteroatoms. The molecule has 0 spiro atoms. The highest BCUT2D eigenvalue weighted by atomic mass is 16.5. The van der Waals surface area contributed by atoms with Gasteiger partial charge >= 0.3 is 0 Å². The maximum absolute atomic E-state index is 12.9. The Labute approximate surface area is 176 Å². The Hall–Kier alpha value is -3.00. The molecule has 1 aliphatic rings. The molecule has 0 aliphatic carbocycles. The number of hydrogen-bond donors (Lipinski definition) is 1. The van der Waals surface area contributed by atoms with Crippen LogP contribution in [0.25, 0.3) is 5.69 Å². The van der Waals surface area contributed by atoms with Crippen molar-refractivity contribution in [2.24, 2.45) is 0 Å². The third-order valence-corrected chi connectivity index (χ3v) is 5.54. The van der Waals surface area contributed by atoms with Crippen molar-refractivity contribution in [1.29, 1.82) is 0 Å². The average molecular weight is 409 g/mol. The lowest BCUT2D eigenvalue weighted by molar-refractivity contribution is -0.129. The fraction of sp³-hybridized carbons (Fsp3) is 0.455. The van der Waals surface area contributed by atoms with Gasteiger partial charge in [0.25, 0.3) is 0 Å². The molecule has 1 fully saturated rings. The summed E-state index contributed by atoms with van der Waals surface area (Å²) < 4.78 is 7.37. The highest BCUT2D eigenvalue weighted by Crippen LogP contribution is 2.31. The van der Waals surface area contributed by atoms with Crippen molar-refractivity contribution in [3.8, 4) is 5.69 Å². The Morgan fingerprint density at radius 3 is 2.80 bits per heavy atom. The SMILES string of the molecule is CCCCc1noc(CN2CCNC(=O)C2c2c(C)nn(-c3ccccc3)c2C)n1. The number of nitrogens with zero attached hydrogens (tertiary/aromatic N) is 5. The van der Waals surface area contributed by atoms with Crippen LogP contribution in [-0.2, 0) is 17.8 Å². The van der Waals surface area contributed by atoms with Gasteiger partial charge in [0.2, 0.25) is 11.8 Å². The van der Waals surface area contributed by atoms with Crippen molar-refractivity contribution in [1.82, 2.24) is 30.1 Å². The second-order valence-electron chi connectivity index (χ2n) is 7.70. The number of rotatable bonds is 7. The van der Waals surface area contributed by atoms with Crippen molar-refractivity contribution in [2.45, 2.75) is 52.6 Å². The Kier molecular flexibility index (Phi) is 5.94. The lowest BCUT2D eigenvalue weighted by Gasteiger charge is -2.34. The Balaban J connectivity index is 1.63. The van der Waals surface area contributed by atoms with Gasteiger partial charge in [0.05, 0.1) is 17.9 Å². The standard InChI is InChI=1S/C22H28N6O2/c1-4-5-11-18-24-19(30-26-18)14-27-13-12-23-22(29)21(27)20-15(2)25-28(16(20)3)17-9-7-6-8-10-17/h6-10,21H,4-5,11-14H2,1-3H3,(H,23,29). The number of aryl methyl sites for hydroxylation is 2. The number of nitrogens with one attached hydrogen (secondary N) is 1. The number of amides is 1. The third kappa shape index (κ3) is 4.00. The van der Waals surface area contributed by atoms with E-state index >= 15 is 0 Å². The summed E-state index contributed by atoms with van der Waals surface area (Å²) in [6, 6.07) is 9.53. The highest BCUT2D eigenvalue weighted by molar-refractivity contribution is 5.84. The summed E-state index contributed by atoms with van der Waals surface area (Å²) in [6.45, 7) is 7.84. The van der Waals surface area contributed by atoms with E-state index in [1.165, 1.54) is 0 Å². The van der Waals surface area contributed by atoms with Crippen molar-refractivity contribution in [3.05, 3.63) is 59.0 Å². The topological polar surface area (TPSA) is 89.1 Å². The van der Waals surface area contributed by atoms with E-state index in [0.717, 1.165) is 47.7 Å². The van der Waals surface area contributed by atoms with E-state index in [2.05, 4.69) is 27.3 Å². The Morgan fingerprint density at radius 1 is 1.23 bits per heavy atom. The van der Waals surface area contributed by atoms with Crippen molar-refractivity contribution in [3.63, 3.8) is 0 Å². The monoisotopic (exact) mass is 408 g/mol. The summed E-state index contributed by atoms with van der Waals surface area (Å²) in [5.41, 5.74) is 3.71. The van der Waals surface area contributed by atoms with Crippen LogP contribution in [0.3, 0.4) is 0 Å². The number of unbranched alkanes of at least 4 members (excludes halogenated alkanes) is 1. The van der Waals surface area contributed by atoms with E-state index in [-0.39, 0.29) is 5.91 Å². The first kappa shape index (κ1) is 20.3. The van der Waals surface area contributed by atoms with E-state index in [9.17, 15) is 4.79 Å². The largest absolute Gasteiger partial charge is 0.353 e. The average Bonchev–Trinajstić information content (AvgIpc) is 3.31. The van der Waals surface area contributed by atoms with Gasteiger partial charge in [0.15, 0.2) is 5.82 Å². The number of aromatic nitrogens is 4. The third-order valence-electron chi connectivity index (χ3n) is 5.54. The number of piperazine rings is 1. The van der Waals surface area contributed by atoms with Crippen LogP contribution in [0.15, 0.2) is 34.9 Å². The normalized spacial score (nSPS) is 17.3. The van der Waals surface area contributed by atoms with Crippen molar-refractivity contribution < 1.29 is 9.32 Å². The molecule has 8 nitrogen and oxygen atoms in total. The first-order chi connectivity index (χ1) is 14.6. The maximum Gasteiger partial charge on any atom is 0.242 e. The van der Waals surface area contributed by atoms with Crippen LogP contribution in [0, 0.1) is 13.8 Å². The summed E-state index contributed by atoms with van der Waals surface area (Å²) in [4.78, 5) is 19.6. The van der Waals surface area contributed by atoms with E-state index < -0.39 is 6.04 Å². The van der Waals surface area contributed by atoms with Crippen molar-refractivity contribution in [2.75, 3.05) is 13.1 Å². The zero-order valence-corrected chi connectivity index (χ0v) is 17.8. The molecule has 1 atom stereocenters. The first-order valence-corrected chi connectivity index (χ1v) is 10.5. The molecular weight excluding hydrogens is 380 g/mol. The van der Waals surface area contributed by atoms with Gasteiger partial charge in [0, 0.05) is 30.8 Å². The minimum Gasteiger partial charge on any atom is -0.353 e. The molecular formula is C22H28N6O2. The molecule has 3 aromatic rings. The minimum atomic E-state index is -0.442. The summed E-state index contributed by atoms with van der Waals surface area (Å²) in [7, 11) is 0. The molecule has 1 amide bonds. The molecule has 0 bridgehead atoms. The quantitative estimate of drug-likeness (QED) is 0.647. The fourth-order valence-corrected chi connectivity index (χ4v) is 4.03. The molecule has 158 valence electrons. The second kappa shape index (κ2) is 8.79. The predicted molar refractivity (Wildman–Crippen MR) is 112 cm³/mol. The van der Waals surface area contributed by atoms with E-state index in [0.29, 0.717) is 25.5 Å². The predicted octanol–water partition coefficient (Wildman–Crippen LogP) is 2.89. The molecule has 0 radical (unpaired) electrons. The lowest BCUT2D eigenvalue weighted by atomic mass is 10.00. The smallest absolute Gasteiger partial charge is 0.242 e. The number of para-hydroxylation sites is 1. The van der Waals surface area contributed by atoms with Gasteiger partial charge in [-0.1, -0.05) is 36.7 Å². The highest BCUT2D eigenvalue weighted by Gasteiger charge is 2.36.